The van der Waals surface area contributed by atoms with E-state index in [1.54, 1.807) is 14.2 Å². The van der Waals surface area contributed by atoms with Crippen LogP contribution in [0.2, 0.25) is 0 Å². The van der Waals surface area contributed by atoms with E-state index in [4.69, 9.17) is 9.47 Å². The van der Waals surface area contributed by atoms with Crippen molar-refractivity contribution in [2.24, 2.45) is 5.92 Å². The van der Waals surface area contributed by atoms with Crippen molar-refractivity contribution in [3.05, 3.63) is 48.5 Å². The van der Waals surface area contributed by atoms with E-state index in [1.807, 2.05) is 6.07 Å². The monoisotopic (exact) mass is 341 g/mol. The molecule has 0 spiro atoms. The summed E-state index contributed by atoms with van der Waals surface area (Å²) in [5, 5.41) is 0. The van der Waals surface area contributed by atoms with Gasteiger partial charge in [-0.3, -0.25) is 0 Å². The van der Waals surface area contributed by atoms with Crippen molar-refractivity contribution in [2.75, 3.05) is 25.7 Å². The Hall–Kier alpha value is -2.16. The Morgan fingerprint density at radius 3 is 2.04 bits per heavy atom. The van der Waals surface area contributed by atoms with Crippen LogP contribution in [-0.2, 0) is 0 Å². The summed E-state index contributed by atoms with van der Waals surface area (Å²) in [5.74, 6) is 2.30. The Bertz CT molecular complexity index is 605. The second kappa shape index (κ2) is 9.97. The maximum atomic E-state index is 5.47. The number of anilines is 2. The minimum Gasteiger partial charge on any atom is -0.497 e. The van der Waals surface area contributed by atoms with Crippen LogP contribution in [0.5, 0.6) is 11.5 Å². The fourth-order valence-electron chi connectivity index (χ4n) is 3.09. The van der Waals surface area contributed by atoms with E-state index >= 15 is 0 Å². The van der Waals surface area contributed by atoms with Crippen molar-refractivity contribution in [3.8, 4) is 11.5 Å². The summed E-state index contributed by atoms with van der Waals surface area (Å²) in [7, 11) is 3.39. The maximum absolute atomic E-state index is 5.47. The SMILES string of the molecule is CCCCC(CC)CN(c1ccccc1)c1cc(OC)cc(OC)c1. The Labute approximate surface area is 152 Å². The average molecular weight is 341 g/mol. The van der Waals surface area contributed by atoms with E-state index in [1.165, 1.54) is 31.4 Å². The molecule has 0 saturated heterocycles. The summed E-state index contributed by atoms with van der Waals surface area (Å²) in [6.45, 7) is 5.54. The van der Waals surface area contributed by atoms with Gasteiger partial charge in [0.1, 0.15) is 11.5 Å². The van der Waals surface area contributed by atoms with Gasteiger partial charge in [0.25, 0.3) is 0 Å². The molecule has 25 heavy (non-hydrogen) atoms. The normalized spacial score (nSPS) is 11.8. The van der Waals surface area contributed by atoms with E-state index in [0.717, 1.165) is 23.7 Å². The summed E-state index contributed by atoms with van der Waals surface area (Å²) in [5.41, 5.74) is 2.31. The number of benzene rings is 2. The minimum atomic E-state index is 0.664. The summed E-state index contributed by atoms with van der Waals surface area (Å²) >= 11 is 0. The fraction of sp³-hybridized carbons (Fsp3) is 0.455. The lowest BCUT2D eigenvalue weighted by Crippen LogP contribution is -2.25. The van der Waals surface area contributed by atoms with Gasteiger partial charge in [-0.2, -0.15) is 0 Å². The number of hydrogen-bond donors (Lipinski definition) is 0. The fourth-order valence-corrected chi connectivity index (χ4v) is 3.09. The van der Waals surface area contributed by atoms with Crippen LogP contribution < -0.4 is 14.4 Å². The van der Waals surface area contributed by atoms with Gasteiger partial charge in [-0.25, -0.2) is 0 Å². The van der Waals surface area contributed by atoms with E-state index < -0.39 is 0 Å². The first-order valence-electron chi connectivity index (χ1n) is 9.27. The van der Waals surface area contributed by atoms with Crippen LogP contribution in [0.3, 0.4) is 0 Å². The molecule has 2 aromatic rings. The molecule has 2 aromatic carbocycles. The zero-order chi connectivity index (χ0) is 18.1. The molecule has 3 nitrogen and oxygen atoms in total. The van der Waals surface area contributed by atoms with Crippen LogP contribution >= 0.6 is 0 Å². The lowest BCUT2D eigenvalue weighted by Gasteiger charge is -2.30. The molecule has 0 radical (unpaired) electrons. The number of unbranched alkanes of at least 4 members (excludes halogenated alkanes) is 1. The van der Waals surface area contributed by atoms with Gasteiger partial charge in [-0.1, -0.05) is 51.3 Å². The van der Waals surface area contributed by atoms with Gasteiger partial charge in [0.2, 0.25) is 0 Å². The quantitative estimate of drug-likeness (QED) is 0.524. The third-order valence-corrected chi connectivity index (χ3v) is 4.70. The molecule has 0 aliphatic rings. The zero-order valence-electron chi connectivity index (χ0n) is 16.0. The Morgan fingerprint density at radius 2 is 1.52 bits per heavy atom. The Morgan fingerprint density at radius 1 is 0.880 bits per heavy atom. The van der Waals surface area contributed by atoms with Gasteiger partial charge in [-0.15, -0.1) is 0 Å². The first-order chi connectivity index (χ1) is 12.2. The summed E-state index contributed by atoms with van der Waals surface area (Å²) in [6.07, 6.45) is 4.97. The molecular formula is C22H31NO2. The Kier molecular flexibility index (Phi) is 7.65. The Balaban J connectivity index is 2.38. The highest BCUT2D eigenvalue weighted by atomic mass is 16.5. The van der Waals surface area contributed by atoms with Crippen molar-refractivity contribution in [1.82, 2.24) is 0 Å². The molecule has 0 aliphatic carbocycles. The van der Waals surface area contributed by atoms with Crippen LogP contribution in [0, 0.1) is 5.92 Å². The summed E-state index contributed by atoms with van der Waals surface area (Å²) in [4.78, 5) is 2.38. The first kappa shape index (κ1) is 19.2. The number of rotatable bonds is 10. The van der Waals surface area contributed by atoms with Crippen molar-refractivity contribution in [2.45, 2.75) is 39.5 Å². The number of para-hydroxylation sites is 1. The van der Waals surface area contributed by atoms with Gasteiger partial charge in [0.05, 0.1) is 14.2 Å². The molecule has 1 atom stereocenters. The second-order valence-electron chi connectivity index (χ2n) is 6.43. The van der Waals surface area contributed by atoms with Crippen LogP contribution in [0.1, 0.15) is 39.5 Å². The summed E-state index contributed by atoms with van der Waals surface area (Å²) < 4.78 is 10.9. The maximum Gasteiger partial charge on any atom is 0.124 e. The van der Waals surface area contributed by atoms with Crippen LogP contribution in [0.25, 0.3) is 0 Å². The van der Waals surface area contributed by atoms with E-state index in [-0.39, 0.29) is 0 Å². The van der Waals surface area contributed by atoms with E-state index in [9.17, 15) is 0 Å². The molecule has 0 aliphatic heterocycles. The highest BCUT2D eigenvalue weighted by Crippen LogP contribution is 2.34. The average Bonchev–Trinajstić information content (AvgIpc) is 2.68. The van der Waals surface area contributed by atoms with Crippen molar-refractivity contribution < 1.29 is 9.47 Å². The first-order valence-corrected chi connectivity index (χ1v) is 9.27. The molecule has 0 bridgehead atoms. The zero-order valence-corrected chi connectivity index (χ0v) is 16.0. The number of ether oxygens (including phenoxy) is 2. The lowest BCUT2D eigenvalue weighted by molar-refractivity contribution is 0.394. The van der Waals surface area contributed by atoms with Crippen molar-refractivity contribution in [1.29, 1.82) is 0 Å². The molecule has 0 heterocycles. The molecule has 0 N–H and O–H groups in total. The minimum absolute atomic E-state index is 0.664. The molecule has 0 aromatic heterocycles. The molecule has 0 saturated carbocycles. The smallest absolute Gasteiger partial charge is 0.124 e. The van der Waals surface area contributed by atoms with Crippen LogP contribution in [-0.4, -0.2) is 20.8 Å². The largest absolute Gasteiger partial charge is 0.497 e. The van der Waals surface area contributed by atoms with E-state index in [0.29, 0.717) is 5.92 Å². The molecule has 0 fully saturated rings. The van der Waals surface area contributed by atoms with Gasteiger partial charge < -0.3 is 14.4 Å². The molecule has 136 valence electrons. The predicted molar refractivity (Wildman–Crippen MR) is 106 cm³/mol. The lowest BCUT2D eigenvalue weighted by atomic mass is 9.98. The summed E-state index contributed by atoms with van der Waals surface area (Å²) in [6, 6.07) is 16.7. The molecule has 3 heteroatoms. The van der Waals surface area contributed by atoms with Crippen molar-refractivity contribution >= 4 is 11.4 Å². The number of hydrogen-bond acceptors (Lipinski definition) is 3. The molecule has 0 amide bonds. The van der Waals surface area contributed by atoms with Crippen LogP contribution in [0.4, 0.5) is 11.4 Å². The number of methoxy groups -OCH3 is 2. The highest BCUT2D eigenvalue weighted by Gasteiger charge is 2.17. The van der Waals surface area contributed by atoms with Crippen molar-refractivity contribution in [3.63, 3.8) is 0 Å². The topological polar surface area (TPSA) is 21.7 Å². The van der Waals surface area contributed by atoms with Gasteiger partial charge in [0.15, 0.2) is 0 Å². The van der Waals surface area contributed by atoms with Gasteiger partial charge in [-0.05, 0) is 24.5 Å². The number of nitrogens with zero attached hydrogens (tertiary/aromatic N) is 1. The molecular weight excluding hydrogens is 310 g/mol. The third kappa shape index (κ3) is 5.42. The third-order valence-electron chi connectivity index (χ3n) is 4.70. The predicted octanol–water partition coefficient (Wildman–Crippen LogP) is 6.06. The second-order valence-corrected chi connectivity index (χ2v) is 6.43. The van der Waals surface area contributed by atoms with Gasteiger partial charge >= 0.3 is 0 Å². The van der Waals surface area contributed by atoms with Crippen LogP contribution in [0.15, 0.2) is 48.5 Å². The molecule has 1 unspecified atom stereocenters. The van der Waals surface area contributed by atoms with E-state index in [2.05, 4.69) is 61.2 Å². The standard InChI is InChI=1S/C22H31NO2/c1-5-7-11-18(6-2)17-23(19-12-9-8-10-13-19)20-14-21(24-3)16-22(15-20)25-4/h8-10,12-16,18H,5-7,11,17H2,1-4H3. The highest BCUT2D eigenvalue weighted by molar-refractivity contribution is 5.66. The molecule has 2 rings (SSSR count). The van der Waals surface area contributed by atoms with Gasteiger partial charge in [0, 0.05) is 36.1 Å².